The van der Waals surface area contributed by atoms with Crippen molar-refractivity contribution in [3.05, 3.63) is 59.9 Å². The Balaban J connectivity index is 1.48. The Morgan fingerprint density at radius 1 is 1.04 bits per heavy atom. The van der Waals surface area contributed by atoms with Crippen LogP contribution in [0.2, 0.25) is 0 Å². The van der Waals surface area contributed by atoms with E-state index >= 15 is 0 Å². The second-order valence-electron chi connectivity index (χ2n) is 6.01. The standard InChI is InChI=1S/C19H21N3O3/c1-15-3-2-4-17(13-15)25-14-18(23)21-9-11-22(12-10-21)19(24)16-5-7-20-8-6-16/h2-8,13H,9-12,14H2,1H3. The lowest BCUT2D eigenvalue weighted by atomic mass is 10.2. The van der Waals surface area contributed by atoms with Crippen LogP contribution in [-0.2, 0) is 4.79 Å². The molecule has 1 aromatic heterocycles. The zero-order valence-electron chi connectivity index (χ0n) is 14.2. The molecule has 0 aliphatic carbocycles. The Labute approximate surface area is 147 Å². The fraction of sp³-hybridized carbons (Fsp3) is 0.316. The van der Waals surface area contributed by atoms with Gasteiger partial charge in [0.25, 0.3) is 11.8 Å². The first-order chi connectivity index (χ1) is 12.1. The van der Waals surface area contributed by atoms with Gasteiger partial charge in [-0.1, -0.05) is 12.1 Å². The van der Waals surface area contributed by atoms with E-state index in [9.17, 15) is 9.59 Å². The zero-order chi connectivity index (χ0) is 17.6. The van der Waals surface area contributed by atoms with E-state index in [4.69, 9.17) is 4.74 Å². The largest absolute Gasteiger partial charge is 0.484 e. The Bertz CT molecular complexity index is 741. The molecule has 6 heteroatoms. The van der Waals surface area contributed by atoms with Gasteiger partial charge in [-0.3, -0.25) is 14.6 Å². The normalized spacial score (nSPS) is 14.3. The average molecular weight is 339 g/mol. The molecule has 0 saturated carbocycles. The molecule has 0 unspecified atom stereocenters. The molecule has 130 valence electrons. The summed E-state index contributed by atoms with van der Waals surface area (Å²) in [5.41, 5.74) is 1.71. The van der Waals surface area contributed by atoms with E-state index in [0.717, 1.165) is 5.56 Å². The van der Waals surface area contributed by atoms with E-state index in [1.165, 1.54) is 0 Å². The van der Waals surface area contributed by atoms with Gasteiger partial charge in [-0.15, -0.1) is 0 Å². The highest BCUT2D eigenvalue weighted by molar-refractivity contribution is 5.94. The number of amides is 2. The number of benzene rings is 1. The summed E-state index contributed by atoms with van der Waals surface area (Å²) in [4.78, 5) is 32.1. The van der Waals surface area contributed by atoms with Crippen LogP contribution in [0.15, 0.2) is 48.8 Å². The lowest BCUT2D eigenvalue weighted by Gasteiger charge is -2.34. The number of hydrogen-bond acceptors (Lipinski definition) is 4. The minimum Gasteiger partial charge on any atom is -0.484 e. The van der Waals surface area contributed by atoms with Crippen LogP contribution in [0.3, 0.4) is 0 Å². The molecular weight excluding hydrogens is 318 g/mol. The Kier molecular flexibility index (Phi) is 5.28. The van der Waals surface area contributed by atoms with Crippen molar-refractivity contribution < 1.29 is 14.3 Å². The van der Waals surface area contributed by atoms with Crippen LogP contribution >= 0.6 is 0 Å². The van der Waals surface area contributed by atoms with Crippen molar-refractivity contribution >= 4 is 11.8 Å². The first kappa shape index (κ1) is 17.0. The van der Waals surface area contributed by atoms with E-state index in [1.807, 2.05) is 31.2 Å². The predicted octanol–water partition coefficient (Wildman–Crippen LogP) is 1.75. The van der Waals surface area contributed by atoms with Crippen LogP contribution in [0, 0.1) is 6.92 Å². The number of aromatic nitrogens is 1. The molecule has 0 N–H and O–H groups in total. The molecule has 0 radical (unpaired) electrons. The Morgan fingerprint density at radius 3 is 2.40 bits per heavy atom. The molecule has 1 saturated heterocycles. The fourth-order valence-corrected chi connectivity index (χ4v) is 2.78. The minimum absolute atomic E-state index is 0.0156. The van der Waals surface area contributed by atoms with Crippen molar-refractivity contribution in [1.29, 1.82) is 0 Å². The Hall–Kier alpha value is -2.89. The van der Waals surface area contributed by atoms with Crippen LogP contribution in [0.1, 0.15) is 15.9 Å². The van der Waals surface area contributed by atoms with Crippen LogP contribution in [0.25, 0.3) is 0 Å². The van der Waals surface area contributed by atoms with Crippen LogP contribution < -0.4 is 4.74 Å². The molecule has 1 aliphatic rings. The third-order valence-electron chi connectivity index (χ3n) is 4.20. The second kappa shape index (κ2) is 7.79. The third-order valence-corrected chi connectivity index (χ3v) is 4.20. The number of carbonyl (C=O) groups excluding carboxylic acids is 2. The van der Waals surface area contributed by atoms with E-state index in [-0.39, 0.29) is 18.4 Å². The van der Waals surface area contributed by atoms with Crippen molar-refractivity contribution in [2.75, 3.05) is 32.8 Å². The molecule has 0 spiro atoms. The number of pyridine rings is 1. The van der Waals surface area contributed by atoms with Crippen molar-refractivity contribution in [2.45, 2.75) is 6.92 Å². The van der Waals surface area contributed by atoms with E-state index in [2.05, 4.69) is 4.98 Å². The summed E-state index contributed by atoms with van der Waals surface area (Å²) in [6, 6.07) is 11.0. The van der Waals surface area contributed by atoms with Gasteiger partial charge >= 0.3 is 0 Å². The first-order valence-electron chi connectivity index (χ1n) is 8.30. The topological polar surface area (TPSA) is 62.7 Å². The van der Waals surface area contributed by atoms with Gasteiger partial charge in [0.2, 0.25) is 0 Å². The number of nitrogens with zero attached hydrogens (tertiary/aromatic N) is 3. The maximum atomic E-state index is 12.4. The maximum Gasteiger partial charge on any atom is 0.260 e. The smallest absolute Gasteiger partial charge is 0.260 e. The summed E-state index contributed by atoms with van der Waals surface area (Å²) in [5, 5.41) is 0. The van der Waals surface area contributed by atoms with Crippen LogP contribution in [0.5, 0.6) is 5.75 Å². The summed E-state index contributed by atoms with van der Waals surface area (Å²) in [6.07, 6.45) is 3.21. The summed E-state index contributed by atoms with van der Waals surface area (Å²) in [6.45, 7) is 4.09. The molecule has 25 heavy (non-hydrogen) atoms. The monoisotopic (exact) mass is 339 g/mol. The maximum absolute atomic E-state index is 12.4. The van der Waals surface area contributed by atoms with Crippen molar-refractivity contribution in [2.24, 2.45) is 0 Å². The number of aryl methyl sites for hydroxylation is 1. The molecule has 2 heterocycles. The van der Waals surface area contributed by atoms with E-state index in [1.54, 1.807) is 34.3 Å². The highest BCUT2D eigenvalue weighted by atomic mass is 16.5. The van der Waals surface area contributed by atoms with Gasteiger partial charge in [-0.25, -0.2) is 0 Å². The van der Waals surface area contributed by atoms with E-state index < -0.39 is 0 Å². The molecule has 0 bridgehead atoms. The van der Waals surface area contributed by atoms with Gasteiger partial charge in [0.05, 0.1) is 0 Å². The van der Waals surface area contributed by atoms with Gasteiger partial charge in [0.15, 0.2) is 6.61 Å². The van der Waals surface area contributed by atoms with Crippen LogP contribution in [-0.4, -0.2) is 59.4 Å². The second-order valence-corrected chi connectivity index (χ2v) is 6.01. The molecule has 2 amide bonds. The SMILES string of the molecule is Cc1cccc(OCC(=O)N2CCN(C(=O)c3ccncc3)CC2)c1. The molecule has 3 rings (SSSR count). The van der Waals surface area contributed by atoms with Crippen LogP contribution in [0.4, 0.5) is 0 Å². The number of ether oxygens (including phenoxy) is 1. The van der Waals surface area contributed by atoms with Gasteiger partial charge in [0, 0.05) is 44.1 Å². The minimum atomic E-state index is -0.0579. The van der Waals surface area contributed by atoms with Gasteiger partial charge in [-0.05, 0) is 36.8 Å². The van der Waals surface area contributed by atoms with Crippen molar-refractivity contribution in [3.8, 4) is 5.75 Å². The predicted molar refractivity (Wildman–Crippen MR) is 93.4 cm³/mol. The lowest BCUT2D eigenvalue weighted by molar-refractivity contribution is -0.134. The number of hydrogen-bond donors (Lipinski definition) is 0. The zero-order valence-corrected chi connectivity index (χ0v) is 14.2. The molecule has 1 aromatic carbocycles. The summed E-state index contributed by atoms with van der Waals surface area (Å²) < 4.78 is 5.57. The lowest BCUT2D eigenvalue weighted by Crippen LogP contribution is -2.51. The summed E-state index contributed by atoms with van der Waals surface area (Å²) in [7, 11) is 0. The van der Waals surface area contributed by atoms with Gasteiger partial charge in [-0.2, -0.15) is 0 Å². The van der Waals surface area contributed by atoms with Crippen molar-refractivity contribution in [3.63, 3.8) is 0 Å². The summed E-state index contributed by atoms with van der Waals surface area (Å²) in [5.74, 6) is 0.614. The van der Waals surface area contributed by atoms with Gasteiger partial charge < -0.3 is 14.5 Å². The molecular formula is C19H21N3O3. The highest BCUT2D eigenvalue weighted by Gasteiger charge is 2.24. The molecule has 1 fully saturated rings. The molecule has 1 aliphatic heterocycles. The average Bonchev–Trinajstić information content (AvgIpc) is 2.66. The van der Waals surface area contributed by atoms with Gasteiger partial charge in [0.1, 0.15) is 5.75 Å². The summed E-state index contributed by atoms with van der Waals surface area (Å²) >= 11 is 0. The van der Waals surface area contributed by atoms with E-state index in [0.29, 0.717) is 37.5 Å². The molecule has 0 atom stereocenters. The van der Waals surface area contributed by atoms with Crippen molar-refractivity contribution in [1.82, 2.24) is 14.8 Å². The number of carbonyl (C=O) groups is 2. The molecule has 2 aromatic rings. The third kappa shape index (κ3) is 4.35. The Morgan fingerprint density at radius 2 is 1.72 bits per heavy atom. The molecule has 6 nitrogen and oxygen atoms in total. The highest BCUT2D eigenvalue weighted by Crippen LogP contribution is 2.13. The number of piperazine rings is 1. The fourth-order valence-electron chi connectivity index (χ4n) is 2.78. The number of rotatable bonds is 4. The first-order valence-corrected chi connectivity index (χ1v) is 8.30. The quantitative estimate of drug-likeness (QED) is 0.851.